The van der Waals surface area contributed by atoms with E-state index < -0.39 is 17.8 Å². The van der Waals surface area contributed by atoms with Gasteiger partial charge in [0, 0.05) is 11.1 Å². The predicted octanol–water partition coefficient (Wildman–Crippen LogP) is 2.02. The lowest BCUT2D eigenvalue weighted by Crippen LogP contribution is -2.36. The average Bonchev–Trinajstić information content (AvgIpc) is 3.20. The van der Waals surface area contributed by atoms with Crippen LogP contribution in [-0.2, 0) is 9.59 Å². The number of allylic oxidation sites excluding steroid dienone is 2. The molecule has 0 unspecified atom stereocenters. The molecular weight excluding hydrogens is 282 g/mol. The number of aromatic amines is 1. The highest BCUT2D eigenvalue weighted by Crippen LogP contribution is 2.48. The number of carbonyl (C=O) groups is 2. The molecule has 4 rings (SSSR count). The van der Waals surface area contributed by atoms with Crippen LogP contribution in [0.2, 0.25) is 0 Å². The number of aliphatic carboxylic acids is 1. The molecule has 1 amide bonds. The van der Waals surface area contributed by atoms with Crippen LogP contribution in [0.5, 0.6) is 0 Å². The first-order chi connectivity index (χ1) is 10.6. The Morgan fingerprint density at radius 1 is 1.23 bits per heavy atom. The molecule has 2 aliphatic rings. The number of fused-ring (bicyclic) bond motifs is 3. The van der Waals surface area contributed by atoms with E-state index in [1.54, 1.807) is 18.3 Å². The van der Waals surface area contributed by atoms with Crippen molar-refractivity contribution < 1.29 is 14.7 Å². The van der Waals surface area contributed by atoms with Gasteiger partial charge in [0.05, 0.1) is 23.5 Å². The van der Waals surface area contributed by atoms with E-state index in [0.29, 0.717) is 5.69 Å². The number of aromatic nitrogens is 2. The minimum Gasteiger partial charge on any atom is -0.481 e. The number of carboxylic acids is 1. The molecule has 1 fully saturated rings. The van der Waals surface area contributed by atoms with E-state index in [0.717, 1.165) is 17.3 Å². The summed E-state index contributed by atoms with van der Waals surface area (Å²) in [5, 5.41) is 20.0. The maximum absolute atomic E-state index is 12.6. The van der Waals surface area contributed by atoms with Gasteiger partial charge in [0.2, 0.25) is 5.91 Å². The highest BCUT2D eigenvalue weighted by atomic mass is 16.4. The number of anilines is 1. The molecule has 2 aromatic rings. The molecule has 112 valence electrons. The highest BCUT2D eigenvalue weighted by Gasteiger charge is 2.51. The summed E-state index contributed by atoms with van der Waals surface area (Å²) in [6, 6.07) is 5.47. The van der Waals surface area contributed by atoms with E-state index in [4.69, 9.17) is 0 Å². The maximum atomic E-state index is 12.6. The van der Waals surface area contributed by atoms with Gasteiger partial charge in [0.1, 0.15) is 0 Å². The average molecular weight is 297 g/mol. The van der Waals surface area contributed by atoms with Crippen LogP contribution in [0.4, 0.5) is 5.69 Å². The second-order valence-electron chi connectivity index (χ2n) is 6.00. The maximum Gasteiger partial charge on any atom is 0.307 e. The SMILES string of the molecule is O=C(O)[C@@H]1[C@@H](C(=O)Nc2ccc3cn[nH]c3c2)[C@H]2C=C[C@@H]1C2. The third kappa shape index (κ3) is 1.91. The summed E-state index contributed by atoms with van der Waals surface area (Å²) in [5.74, 6) is -2.21. The molecule has 22 heavy (non-hydrogen) atoms. The fourth-order valence-corrected chi connectivity index (χ4v) is 3.76. The largest absolute Gasteiger partial charge is 0.481 e. The van der Waals surface area contributed by atoms with Gasteiger partial charge in [-0.15, -0.1) is 0 Å². The van der Waals surface area contributed by atoms with Crippen molar-refractivity contribution in [3.8, 4) is 0 Å². The van der Waals surface area contributed by atoms with Gasteiger partial charge in [-0.2, -0.15) is 5.10 Å². The lowest BCUT2D eigenvalue weighted by molar-refractivity contribution is -0.146. The van der Waals surface area contributed by atoms with Crippen LogP contribution in [-0.4, -0.2) is 27.2 Å². The molecule has 2 bridgehead atoms. The first-order valence-corrected chi connectivity index (χ1v) is 7.28. The Kier molecular flexibility index (Phi) is 2.79. The van der Waals surface area contributed by atoms with Crippen molar-refractivity contribution in [3.05, 3.63) is 36.5 Å². The van der Waals surface area contributed by atoms with E-state index in [2.05, 4.69) is 15.5 Å². The normalized spacial score (nSPS) is 29.1. The Balaban J connectivity index is 1.58. The highest BCUT2D eigenvalue weighted by molar-refractivity contribution is 5.97. The summed E-state index contributed by atoms with van der Waals surface area (Å²) in [7, 11) is 0. The van der Waals surface area contributed by atoms with E-state index in [-0.39, 0.29) is 17.7 Å². The van der Waals surface area contributed by atoms with Gasteiger partial charge in [0.25, 0.3) is 0 Å². The van der Waals surface area contributed by atoms with Crippen LogP contribution in [0.25, 0.3) is 10.9 Å². The molecule has 1 aromatic heterocycles. The van der Waals surface area contributed by atoms with Crippen LogP contribution in [0.15, 0.2) is 36.5 Å². The van der Waals surface area contributed by atoms with Crippen molar-refractivity contribution in [3.63, 3.8) is 0 Å². The Morgan fingerprint density at radius 3 is 2.77 bits per heavy atom. The summed E-state index contributed by atoms with van der Waals surface area (Å²) in [6.07, 6.45) is 6.38. The number of hydrogen-bond donors (Lipinski definition) is 3. The molecule has 1 heterocycles. The molecule has 6 heteroatoms. The van der Waals surface area contributed by atoms with E-state index >= 15 is 0 Å². The second kappa shape index (κ2) is 4.69. The zero-order valence-electron chi connectivity index (χ0n) is 11.7. The third-order valence-electron chi connectivity index (χ3n) is 4.76. The molecule has 0 aliphatic heterocycles. The summed E-state index contributed by atoms with van der Waals surface area (Å²) >= 11 is 0. The minimum absolute atomic E-state index is 0.0201. The number of rotatable bonds is 3. The van der Waals surface area contributed by atoms with E-state index in [1.807, 2.05) is 18.2 Å². The van der Waals surface area contributed by atoms with E-state index in [1.165, 1.54) is 0 Å². The topological polar surface area (TPSA) is 95.1 Å². The van der Waals surface area contributed by atoms with Gasteiger partial charge >= 0.3 is 5.97 Å². The lowest BCUT2D eigenvalue weighted by atomic mass is 9.82. The Bertz CT molecular complexity index is 795. The summed E-state index contributed by atoms with van der Waals surface area (Å²) in [5.41, 5.74) is 1.48. The zero-order valence-corrected chi connectivity index (χ0v) is 11.7. The van der Waals surface area contributed by atoms with Gasteiger partial charge in [-0.05, 0) is 36.5 Å². The van der Waals surface area contributed by atoms with Gasteiger partial charge in [-0.1, -0.05) is 12.2 Å². The number of amides is 1. The molecular formula is C16H15N3O3. The van der Waals surface area contributed by atoms with Crippen molar-refractivity contribution in [2.45, 2.75) is 6.42 Å². The summed E-state index contributed by atoms with van der Waals surface area (Å²) in [4.78, 5) is 24.0. The number of carbonyl (C=O) groups excluding carboxylic acids is 1. The lowest BCUT2D eigenvalue weighted by Gasteiger charge is -2.23. The van der Waals surface area contributed by atoms with Crippen molar-refractivity contribution in [2.24, 2.45) is 23.7 Å². The number of nitrogens with one attached hydrogen (secondary N) is 2. The number of carboxylic acid groups (broad SMARTS) is 1. The molecule has 1 saturated carbocycles. The number of H-pyrrole nitrogens is 1. The van der Waals surface area contributed by atoms with Gasteiger partial charge in [-0.3, -0.25) is 14.7 Å². The molecule has 0 saturated heterocycles. The van der Waals surface area contributed by atoms with Gasteiger partial charge < -0.3 is 10.4 Å². The molecule has 3 N–H and O–H groups in total. The van der Waals surface area contributed by atoms with Crippen LogP contribution in [0.1, 0.15) is 6.42 Å². The molecule has 0 spiro atoms. The first-order valence-electron chi connectivity index (χ1n) is 7.28. The monoisotopic (exact) mass is 297 g/mol. The van der Waals surface area contributed by atoms with Crippen LogP contribution < -0.4 is 5.32 Å². The van der Waals surface area contributed by atoms with Crippen molar-refractivity contribution in [1.82, 2.24) is 10.2 Å². The fraction of sp³-hybridized carbons (Fsp3) is 0.312. The third-order valence-corrected chi connectivity index (χ3v) is 4.76. The second-order valence-corrected chi connectivity index (χ2v) is 6.00. The van der Waals surface area contributed by atoms with Crippen LogP contribution in [0.3, 0.4) is 0 Å². The standard InChI is InChI=1S/C16H15N3O3/c20-15(13-8-1-2-9(5-8)14(13)16(21)22)18-11-4-3-10-7-17-19-12(10)6-11/h1-4,6-9,13-14H,5H2,(H,17,19)(H,18,20)(H,21,22)/t8-,9+,13-,14-/m0/s1. The zero-order chi connectivity index (χ0) is 15.3. The molecule has 6 nitrogen and oxygen atoms in total. The first kappa shape index (κ1) is 13.1. The van der Waals surface area contributed by atoms with Gasteiger partial charge in [0.15, 0.2) is 0 Å². The Hall–Kier alpha value is -2.63. The van der Waals surface area contributed by atoms with Gasteiger partial charge in [-0.25, -0.2) is 0 Å². The fourth-order valence-electron chi connectivity index (χ4n) is 3.76. The van der Waals surface area contributed by atoms with Crippen molar-refractivity contribution >= 4 is 28.5 Å². The Morgan fingerprint density at radius 2 is 2.00 bits per heavy atom. The minimum atomic E-state index is -0.888. The molecule has 4 atom stereocenters. The predicted molar refractivity (Wildman–Crippen MR) is 80.1 cm³/mol. The quantitative estimate of drug-likeness (QED) is 0.755. The number of nitrogens with zero attached hydrogens (tertiary/aromatic N) is 1. The van der Waals surface area contributed by atoms with Crippen LogP contribution in [0, 0.1) is 23.7 Å². The van der Waals surface area contributed by atoms with Crippen molar-refractivity contribution in [2.75, 3.05) is 5.32 Å². The number of hydrogen-bond acceptors (Lipinski definition) is 3. The van der Waals surface area contributed by atoms with Crippen molar-refractivity contribution in [1.29, 1.82) is 0 Å². The Labute approximate surface area is 126 Å². The van der Waals surface area contributed by atoms with E-state index in [9.17, 15) is 14.7 Å². The number of benzene rings is 1. The smallest absolute Gasteiger partial charge is 0.307 e. The molecule has 2 aliphatic carbocycles. The molecule has 1 aromatic carbocycles. The summed E-state index contributed by atoms with van der Waals surface area (Å²) < 4.78 is 0. The molecule has 0 radical (unpaired) electrons. The van der Waals surface area contributed by atoms with Crippen LogP contribution >= 0.6 is 0 Å². The summed E-state index contributed by atoms with van der Waals surface area (Å²) in [6.45, 7) is 0.